The number of rotatable bonds is 4. The number of carbonyl (C=O) groups excluding carboxylic acids is 1. The molecule has 0 bridgehead atoms. The lowest BCUT2D eigenvalue weighted by atomic mass is 10.1. The molecular weight excluding hydrogens is 361 g/mol. The van der Waals surface area contributed by atoms with Crippen LogP contribution in [0.3, 0.4) is 0 Å². The van der Waals surface area contributed by atoms with Crippen molar-refractivity contribution < 1.29 is 27.4 Å². The molecule has 1 atom stereocenters. The molecule has 2 aromatic rings. The Labute approximate surface area is 145 Å². The van der Waals surface area contributed by atoms with Crippen LogP contribution in [0.25, 0.3) is 0 Å². The van der Waals surface area contributed by atoms with Crippen LogP contribution in [0.5, 0.6) is 11.6 Å². The lowest BCUT2D eigenvalue weighted by Crippen LogP contribution is -2.30. The predicted molar refractivity (Wildman–Crippen MR) is 82.5 cm³/mol. The first-order chi connectivity index (χ1) is 11.8. The lowest BCUT2D eigenvalue weighted by Gasteiger charge is -2.14. The Bertz CT molecular complexity index is 798. The first-order valence-corrected chi connectivity index (χ1v) is 7.61. The van der Waals surface area contributed by atoms with E-state index in [2.05, 4.69) is 15.0 Å². The van der Waals surface area contributed by atoms with Gasteiger partial charge in [-0.1, -0.05) is 23.7 Å². The molecule has 1 aliphatic rings. The van der Waals surface area contributed by atoms with Crippen molar-refractivity contribution in [2.75, 3.05) is 6.61 Å². The molecule has 0 fully saturated rings. The monoisotopic (exact) mass is 372 g/mol. The molecule has 0 radical (unpaired) electrons. The smallest absolute Gasteiger partial charge is 0.475 e. The molecule has 3 rings (SSSR count). The number of fused-ring (bicyclic) bond motifs is 1. The molecule has 0 saturated carbocycles. The van der Waals surface area contributed by atoms with E-state index in [1.165, 1.54) is 12.1 Å². The molecule has 5 nitrogen and oxygen atoms in total. The van der Waals surface area contributed by atoms with Gasteiger partial charge in [-0.25, -0.2) is 4.98 Å². The standard InChI is InChI=1S/C16H12ClF3N2O3/c17-14-9(3-1-5-12(14)25-16(18,19)20)7-13(23)22-11-8-24-15-10(11)4-2-6-21-15/h1-6,11H,7-8H2,(H,22,23). The predicted octanol–water partition coefficient (Wildman–Crippen LogP) is 3.43. The average molecular weight is 373 g/mol. The third-order valence-corrected chi connectivity index (χ3v) is 3.95. The van der Waals surface area contributed by atoms with Crippen molar-refractivity contribution in [3.63, 3.8) is 0 Å². The first kappa shape index (κ1) is 17.3. The Morgan fingerprint density at radius 2 is 2.16 bits per heavy atom. The minimum absolute atomic E-state index is 0.194. The highest BCUT2D eigenvalue weighted by atomic mass is 35.5. The largest absolute Gasteiger partial charge is 0.573 e. The molecule has 0 aliphatic carbocycles. The number of alkyl halides is 3. The van der Waals surface area contributed by atoms with Gasteiger partial charge in [0.15, 0.2) is 0 Å². The summed E-state index contributed by atoms with van der Waals surface area (Å²) < 4.78 is 46.2. The Morgan fingerprint density at radius 1 is 1.36 bits per heavy atom. The van der Waals surface area contributed by atoms with E-state index >= 15 is 0 Å². The third kappa shape index (κ3) is 4.14. The molecule has 2 heterocycles. The van der Waals surface area contributed by atoms with Crippen molar-refractivity contribution in [2.45, 2.75) is 18.8 Å². The zero-order valence-electron chi connectivity index (χ0n) is 12.6. The second kappa shape index (κ2) is 6.79. The number of aromatic nitrogens is 1. The van der Waals surface area contributed by atoms with Gasteiger partial charge in [-0.3, -0.25) is 4.79 Å². The number of amides is 1. The molecule has 0 spiro atoms. The molecular formula is C16H12ClF3N2O3. The van der Waals surface area contributed by atoms with Gasteiger partial charge in [-0.05, 0) is 23.8 Å². The Morgan fingerprint density at radius 3 is 2.92 bits per heavy atom. The van der Waals surface area contributed by atoms with Crippen LogP contribution in [0.2, 0.25) is 5.02 Å². The lowest BCUT2D eigenvalue weighted by molar-refractivity contribution is -0.274. The van der Waals surface area contributed by atoms with Gasteiger partial charge in [-0.15, -0.1) is 13.2 Å². The molecule has 132 valence electrons. The molecule has 1 aromatic heterocycles. The van der Waals surface area contributed by atoms with E-state index in [1.807, 2.05) is 0 Å². The van der Waals surface area contributed by atoms with Gasteiger partial charge in [0.05, 0.1) is 17.5 Å². The highest BCUT2D eigenvalue weighted by Crippen LogP contribution is 2.33. The summed E-state index contributed by atoms with van der Waals surface area (Å²) in [7, 11) is 0. The first-order valence-electron chi connectivity index (χ1n) is 7.23. The number of benzene rings is 1. The summed E-state index contributed by atoms with van der Waals surface area (Å²) in [4.78, 5) is 16.3. The second-order valence-electron chi connectivity index (χ2n) is 5.28. The average Bonchev–Trinajstić information content (AvgIpc) is 2.93. The quantitative estimate of drug-likeness (QED) is 0.893. The summed E-state index contributed by atoms with van der Waals surface area (Å²) in [5, 5.41) is 2.50. The minimum atomic E-state index is -4.86. The van der Waals surface area contributed by atoms with Gasteiger partial charge in [0.25, 0.3) is 0 Å². The van der Waals surface area contributed by atoms with Crippen LogP contribution >= 0.6 is 11.6 Å². The zero-order chi connectivity index (χ0) is 18.0. The Balaban J connectivity index is 1.69. The maximum Gasteiger partial charge on any atom is 0.573 e. The van der Waals surface area contributed by atoms with Crippen molar-refractivity contribution in [2.24, 2.45) is 0 Å². The fourth-order valence-electron chi connectivity index (χ4n) is 2.48. The summed E-state index contributed by atoms with van der Waals surface area (Å²) in [5.41, 5.74) is 0.974. The van der Waals surface area contributed by atoms with Gasteiger partial charge in [-0.2, -0.15) is 0 Å². The highest BCUT2D eigenvalue weighted by Gasteiger charge is 2.32. The van der Waals surface area contributed by atoms with Crippen LogP contribution in [-0.2, 0) is 11.2 Å². The van der Waals surface area contributed by atoms with Gasteiger partial charge in [0.1, 0.15) is 12.4 Å². The van der Waals surface area contributed by atoms with Gasteiger partial charge in [0, 0.05) is 11.8 Å². The van der Waals surface area contributed by atoms with E-state index in [9.17, 15) is 18.0 Å². The van der Waals surface area contributed by atoms with Crippen molar-refractivity contribution in [1.82, 2.24) is 10.3 Å². The van der Waals surface area contributed by atoms with Crippen LogP contribution in [0.4, 0.5) is 13.2 Å². The topological polar surface area (TPSA) is 60.5 Å². The van der Waals surface area contributed by atoms with Gasteiger partial charge >= 0.3 is 6.36 Å². The van der Waals surface area contributed by atoms with E-state index in [0.29, 0.717) is 5.88 Å². The molecule has 1 aliphatic heterocycles. The number of hydrogen-bond donors (Lipinski definition) is 1. The van der Waals surface area contributed by atoms with Crippen LogP contribution in [0, 0.1) is 0 Å². The normalized spacial score (nSPS) is 16.1. The third-order valence-electron chi connectivity index (χ3n) is 3.52. The zero-order valence-corrected chi connectivity index (χ0v) is 13.4. The highest BCUT2D eigenvalue weighted by molar-refractivity contribution is 6.33. The van der Waals surface area contributed by atoms with Crippen LogP contribution in [0.15, 0.2) is 36.5 Å². The van der Waals surface area contributed by atoms with E-state index in [0.717, 1.165) is 11.6 Å². The minimum Gasteiger partial charge on any atom is -0.475 e. The number of ether oxygens (including phenoxy) is 2. The summed E-state index contributed by atoms with van der Waals surface area (Å²) in [5.74, 6) is -0.499. The molecule has 9 heteroatoms. The van der Waals surface area contributed by atoms with Crippen LogP contribution < -0.4 is 14.8 Å². The van der Waals surface area contributed by atoms with E-state index < -0.39 is 18.0 Å². The van der Waals surface area contributed by atoms with Crippen molar-refractivity contribution in [3.05, 3.63) is 52.7 Å². The van der Waals surface area contributed by atoms with Crippen molar-refractivity contribution in [3.8, 4) is 11.6 Å². The SMILES string of the molecule is O=C(Cc1cccc(OC(F)(F)F)c1Cl)NC1COc2ncccc21. The summed E-state index contributed by atoms with van der Waals surface area (Å²) in [6.07, 6.45) is -3.47. The molecule has 1 N–H and O–H groups in total. The molecule has 0 saturated heterocycles. The number of carbonyl (C=O) groups is 1. The van der Waals surface area contributed by atoms with E-state index in [4.69, 9.17) is 16.3 Å². The maximum atomic E-state index is 12.3. The van der Waals surface area contributed by atoms with Crippen LogP contribution in [-0.4, -0.2) is 23.9 Å². The van der Waals surface area contributed by atoms with Gasteiger partial charge < -0.3 is 14.8 Å². The number of halogens is 4. The van der Waals surface area contributed by atoms with E-state index in [-0.39, 0.29) is 29.7 Å². The molecule has 25 heavy (non-hydrogen) atoms. The fourth-order valence-corrected chi connectivity index (χ4v) is 2.71. The molecule has 1 unspecified atom stereocenters. The van der Waals surface area contributed by atoms with Gasteiger partial charge in [0.2, 0.25) is 11.8 Å². The molecule has 1 aromatic carbocycles. The fraction of sp³-hybridized carbons (Fsp3) is 0.250. The number of nitrogens with zero attached hydrogens (tertiary/aromatic N) is 1. The van der Waals surface area contributed by atoms with Crippen molar-refractivity contribution >= 4 is 17.5 Å². The Kier molecular flexibility index (Phi) is 4.71. The summed E-state index contributed by atoms with van der Waals surface area (Å²) in [6.45, 7) is 0.239. The number of nitrogens with one attached hydrogen (secondary N) is 1. The van der Waals surface area contributed by atoms with E-state index in [1.54, 1.807) is 18.3 Å². The second-order valence-corrected chi connectivity index (χ2v) is 5.66. The Hall–Kier alpha value is -2.48. The van der Waals surface area contributed by atoms with Crippen LogP contribution in [0.1, 0.15) is 17.2 Å². The summed E-state index contributed by atoms with van der Waals surface area (Å²) >= 11 is 5.92. The maximum absolute atomic E-state index is 12.3. The molecule has 1 amide bonds. The summed E-state index contributed by atoms with van der Waals surface area (Å²) in [6, 6.07) is 7.03. The number of hydrogen-bond acceptors (Lipinski definition) is 4. The number of pyridine rings is 1. The van der Waals surface area contributed by atoms with Crippen molar-refractivity contribution in [1.29, 1.82) is 0 Å².